The van der Waals surface area contributed by atoms with E-state index in [2.05, 4.69) is 164 Å². The van der Waals surface area contributed by atoms with E-state index in [9.17, 15) is 0 Å². The molecule has 0 saturated carbocycles. The molecule has 0 bridgehead atoms. The summed E-state index contributed by atoms with van der Waals surface area (Å²) in [4.78, 5) is 2.39. The number of rotatable bonds is 4. The van der Waals surface area contributed by atoms with E-state index in [1.54, 1.807) is 0 Å². The van der Waals surface area contributed by atoms with Crippen LogP contribution in [-0.4, -0.2) is 0 Å². The molecule has 1 aromatic heterocycles. The highest BCUT2D eigenvalue weighted by atomic mass is 16.3. The molecule has 0 fully saturated rings. The third-order valence-electron chi connectivity index (χ3n) is 9.64. The molecule has 0 radical (unpaired) electrons. The van der Waals surface area contributed by atoms with Crippen molar-refractivity contribution < 1.29 is 4.42 Å². The lowest BCUT2D eigenvalue weighted by atomic mass is 9.82. The first-order valence-electron chi connectivity index (χ1n) is 15.6. The van der Waals surface area contributed by atoms with Crippen molar-refractivity contribution in [1.29, 1.82) is 0 Å². The summed E-state index contributed by atoms with van der Waals surface area (Å²) in [6, 6.07) is 54.6. The Hall–Kier alpha value is -5.60. The molecule has 2 heteroatoms. The van der Waals surface area contributed by atoms with E-state index in [1.165, 1.54) is 54.9 Å². The summed E-state index contributed by atoms with van der Waals surface area (Å²) in [6.45, 7) is 4.70. The zero-order valence-corrected chi connectivity index (χ0v) is 25.3. The van der Waals surface area contributed by atoms with E-state index >= 15 is 0 Å². The Morgan fingerprint density at radius 2 is 1.20 bits per heavy atom. The smallest absolute Gasteiger partial charge is 0.136 e. The summed E-state index contributed by atoms with van der Waals surface area (Å²) in [7, 11) is 0. The van der Waals surface area contributed by atoms with E-state index < -0.39 is 0 Å². The Morgan fingerprint density at radius 3 is 2.09 bits per heavy atom. The van der Waals surface area contributed by atoms with Gasteiger partial charge < -0.3 is 9.32 Å². The Bertz CT molecular complexity index is 2410. The first-order valence-corrected chi connectivity index (χ1v) is 15.6. The van der Waals surface area contributed by atoms with Gasteiger partial charge in [0, 0.05) is 33.2 Å². The van der Waals surface area contributed by atoms with E-state index in [0.717, 1.165) is 28.2 Å². The molecule has 45 heavy (non-hydrogen) atoms. The van der Waals surface area contributed by atoms with Gasteiger partial charge in [-0.05, 0) is 92.7 Å². The van der Waals surface area contributed by atoms with Gasteiger partial charge in [-0.2, -0.15) is 0 Å². The summed E-state index contributed by atoms with van der Waals surface area (Å²) in [5, 5.41) is 4.90. The number of furan rings is 1. The molecule has 0 aliphatic heterocycles. The van der Waals surface area contributed by atoms with E-state index in [4.69, 9.17) is 4.42 Å². The van der Waals surface area contributed by atoms with Crippen molar-refractivity contribution in [2.24, 2.45) is 0 Å². The van der Waals surface area contributed by atoms with Crippen LogP contribution in [0.15, 0.2) is 156 Å². The molecule has 1 aliphatic carbocycles. The Balaban J connectivity index is 1.24. The second kappa shape index (κ2) is 9.70. The third-order valence-corrected chi connectivity index (χ3v) is 9.64. The van der Waals surface area contributed by atoms with Crippen LogP contribution in [0.2, 0.25) is 0 Å². The molecule has 0 N–H and O–H groups in total. The topological polar surface area (TPSA) is 16.4 Å². The average Bonchev–Trinajstić information content (AvgIpc) is 3.57. The van der Waals surface area contributed by atoms with Crippen LogP contribution in [-0.2, 0) is 5.41 Å². The second-order valence-corrected chi connectivity index (χ2v) is 12.6. The maximum Gasteiger partial charge on any atom is 0.136 e. The molecule has 0 unspecified atom stereocenters. The fourth-order valence-corrected chi connectivity index (χ4v) is 7.48. The van der Waals surface area contributed by atoms with E-state index in [0.29, 0.717) is 0 Å². The second-order valence-electron chi connectivity index (χ2n) is 12.6. The van der Waals surface area contributed by atoms with Crippen LogP contribution in [0.4, 0.5) is 17.1 Å². The number of nitrogens with zero attached hydrogens (tertiary/aromatic N) is 1. The number of anilines is 3. The number of para-hydroxylation sites is 2. The quantitative estimate of drug-likeness (QED) is 0.207. The van der Waals surface area contributed by atoms with Crippen LogP contribution < -0.4 is 4.90 Å². The summed E-state index contributed by atoms with van der Waals surface area (Å²) >= 11 is 0. The van der Waals surface area contributed by atoms with Gasteiger partial charge in [0.05, 0.1) is 0 Å². The summed E-state index contributed by atoms with van der Waals surface area (Å²) in [5.74, 6) is 0. The van der Waals surface area contributed by atoms with Gasteiger partial charge in [-0.25, -0.2) is 0 Å². The molecule has 0 saturated heterocycles. The minimum Gasteiger partial charge on any atom is -0.456 e. The van der Waals surface area contributed by atoms with Crippen molar-refractivity contribution in [3.63, 3.8) is 0 Å². The van der Waals surface area contributed by atoms with Gasteiger partial charge in [0.25, 0.3) is 0 Å². The van der Waals surface area contributed by atoms with Gasteiger partial charge >= 0.3 is 0 Å². The van der Waals surface area contributed by atoms with Crippen molar-refractivity contribution >= 4 is 49.8 Å². The summed E-state index contributed by atoms with van der Waals surface area (Å²) in [6.07, 6.45) is 0. The fourth-order valence-electron chi connectivity index (χ4n) is 7.48. The van der Waals surface area contributed by atoms with Crippen LogP contribution in [0.1, 0.15) is 25.0 Å². The molecule has 0 amide bonds. The van der Waals surface area contributed by atoms with Crippen LogP contribution in [0, 0.1) is 0 Å². The number of benzene rings is 7. The van der Waals surface area contributed by atoms with Gasteiger partial charge in [0.2, 0.25) is 0 Å². The Labute approximate surface area is 262 Å². The number of fused-ring (bicyclic) bond motifs is 8. The summed E-state index contributed by atoms with van der Waals surface area (Å²) in [5.41, 5.74) is 12.8. The minimum atomic E-state index is -0.166. The SMILES string of the molecule is CC1(C)c2cc(N(c3ccccc3)c3cccc(-c4cccc5ccccc45)c3)ccc2-c2c1ccc1oc3ccccc3c21. The zero-order valence-electron chi connectivity index (χ0n) is 25.3. The molecule has 2 nitrogen and oxygen atoms in total. The predicted molar refractivity (Wildman–Crippen MR) is 189 cm³/mol. The normalized spacial score (nSPS) is 13.3. The van der Waals surface area contributed by atoms with Crippen molar-refractivity contribution in [2.75, 3.05) is 4.90 Å². The van der Waals surface area contributed by atoms with Crippen molar-refractivity contribution in [3.8, 4) is 22.3 Å². The molecule has 1 heterocycles. The lowest BCUT2D eigenvalue weighted by molar-refractivity contribution is 0.656. The summed E-state index contributed by atoms with van der Waals surface area (Å²) < 4.78 is 6.30. The maximum atomic E-state index is 6.30. The van der Waals surface area contributed by atoms with Gasteiger partial charge in [-0.1, -0.05) is 117 Å². The number of hydrogen-bond acceptors (Lipinski definition) is 2. The molecule has 0 atom stereocenters. The molecule has 1 aliphatic rings. The van der Waals surface area contributed by atoms with Crippen LogP contribution in [0.5, 0.6) is 0 Å². The van der Waals surface area contributed by atoms with Crippen LogP contribution >= 0.6 is 0 Å². The Morgan fingerprint density at radius 1 is 0.489 bits per heavy atom. The van der Waals surface area contributed by atoms with Gasteiger partial charge in [0.1, 0.15) is 11.2 Å². The lowest BCUT2D eigenvalue weighted by Crippen LogP contribution is -2.16. The highest BCUT2D eigenvalue weighted by Gasteiger charge is 2.38. The standard InChI is InChI=1S/C43H31NO/c1-43(2)37-24-25-40-42(36-19-8-9-21-39(36)45-40)41(37)35-23-22-32(27-38(35)43)44(30-15-4-3-5-16-30)31-17-10-14-29(26-31)34-20-11-13-28-12-6-7-18-33(28)34/h3-27H,1-2H3. The van der Waals surface area contributed by atoms with Crippen LogP contribution in [0.3, 0.4) is 0 Å². The highest BCUT2D eigenvalue weighted by molar-refractivity contribution is 6.15. The Kier molecular flexibility index (Phi) is 5.58. The predicted octanol–water partition coefficient (Wildman–Crippen LogP) is 12.2. The molecule has 0 spiro atoms. The lowest BCUT2D eigenvalue weighted by Gasteiger charge is -2.28. The maximum absolute atomic E-state index is 6.30. The zero-order chi connectivity index (χ0) is 30.1. The number of hydrogen-bond donors (Lipinski definition) is 0. The monoisotopic (exact) mass is 577 g/mol. The highest BCUT2D eigenvalue weighted by Crippen LogP contribution is 2.54. The molecular weight excluding hydrogens is 546 g/mol. The average molecular weight is 578 g/mol. The molecule has 9 rings (SSSR count). The van der Waals surface area contributed by atoms with Crippen molar-refractivity contribution in [2.45, 2.75) is 19.3 Å². The largest absolute Gasteiger partial charge is 0.456 e. The fraction of sp³-hybridized carbons (Fsp3) is 0.0698. The molecule has 8 aromatic rings. The molecule has 214 valence electrons. The van der Waals surface area contributed by atoms with Gasteiger partial charge in [-0.15, -0.1) is 0 Å². The minimum absolute atomic E-state index is 0.166. The van der Waals surface area contributed by atoms with Crippen molar-refractivity contribution in [3.05, 3.63) is 163 Å². The van der Waals surface area contributed by atoms with E-state index in [-0.39, 0.29) is 5.41 Å². The molecule has 7 aromatic carbocycles. The van der Waals surface area contributed by atoms with E-state index in [1.807, 2.05) is 6.07 Å². The van der Waals surface area contributed by atoms with Gasteiger partial charge in [-0.3, -0.25) is 0 Å². The molecular formula is C43H31NO. The first-order chi connectivity index (χ1) is 22.1. The van der Waals surface area contributed by atoms with Crippen molar-refractivity contribution in [1.82, 2.24) is 0 Å². The van der Waals surface area contributed by atoms with Crippen LogP contribution in [0.25, 0.3) is 55.0 Å². The first kappa shape index (κ1) is 25.9. The third kappa shape index (κ3) is 3.89. The van der Waals surface area contributed by atoms with Gasteiger partial charge in [0.15, 0.2) is 0 Å².